The Morgan fingerprint density at radius 3 is 2.69 bits per heavy atom. The summed E-state index contributed by atoms with van der Waals surface area (Å²) in [5, 5.41) is 0. The molecule has 3 fully saturated rings. The molecule has 1 spiro atoms. The molecule has 0 aromatic carbocycles. The van der Waals surface area contributed by atoms with Crippen molar-refractivity contribution in [3.05, 3.63) is 16.5 Å². The lowest BCUT2D eigenvalue weighted by Crippen LogP contribution is -2.62. The lowest BCUT2D eigenvalue weighted by molar-refractivity contribution is -0.136. The number of sulfonamides is 1. The van der Waals surface area contributed by atoms with Gasteiger partial charge in [-0.15, -0.1) is 11.3 Å². The fourth-order valence-corrected chi connectivity index (χ4v) is 7.03. The van der Waals surface area contributed by atoms with Gasteiger partial charge in [-0.2, -0.15) is 4.31 Å². The maximum absolute atomic E-state index is 12.6. The molecule has 1 aromatic rings. The molecular weight excluding hydrogens is 400 g/mol. The first-order chi connectivity index (χ1) is 12.4. The second-order valence-corrected chi connectivity index (χ2v) is 11.0. The van der Waals surface area contributed by atoms with Crippen molar-refractivity contribution in [2.45, 2.75) is 22.7 Å². The molecule has 4 heterocycles. The van der Waals surface area contributed by atoms with Crippen LogP contribution in [-0.2, 0) is 24.3 Å². The molecule has 3 saturated heterocycles. The predicted molar refractivity (Wildman–Crippen MR) is 96.9 cm³/mol. The van der Waals surface area contributed by atoms with Gasteiger partial charge in [-0.25, -0.2) is 8.42 Å². The molecule has 0 bridgehead atoms. The SMILES string of the molecule is O=C(CC1COC2(C1)CN(S(=O)(=O)c1ccc(Cl)s1)C2)N1CCOCC1. The molecule has 0 aliphatic carbocycles. The van der Waals surface area contributed by atoms with E-state index in [4.69, 9.17) is 21.1 Å². The minimum Gasteiger partial charge on any atom is -0.378 e. The Morgan fingerprint density at radius 1 is 1.31 bits per heavy atom. The van der Waals surface area contributed by atoms with Crippen molar-refractivity contribution in [2.24, 2.45) is 5.92 Å². The summed E-state index contributed by atoms with van der Waals surface area (Å²) >= 11 is 6.91. The molecule has 144 valence electrons. The molecule has 3 aliphatic heterocycles. The summed E-state index contributed by atoms with van der Waals surface area (Å²) in [7, 11) is -3.50. The second kappa shape index (κ2) is 7.03. The van der Waals surface area contributed by atoms with E-state index in [0.29, 0.717) is 56.8 Å². The number of halogens is 1. The van der Waals surface area contributed by atoms with Gasteiger partial charge in [0.25, 0.3) is 10.0 Å². The lowest BCUT2D eigenvalue weighted by Gasteiger charge is -2.45. The highest BCUT2D eigenvalue weighted by molar-refractivity contribution is 7.91. The van der Waals surface area contributed by atoms with Crippen molar-refractivity contribution in [1.29, 1.82) is 0 Å². The molecule has 1 amide bonds. The van der Waals surface area contributed by atoms with Gasteiger partial charge in [-0.3, -0.25) is 4.79 Å². The minimum absolute atomic E-state index is 0.135. The maximum Gasteiger partial charge on any atom is 0.252 e. The maximum atomic E-state index is 12.6. The van der Waals surface area contributed by atoms with Crippen LogP contribution in [0.15, 0.2) is 16.3 Å². The van der Waals surface area contributed by atoms with Crippen molar-refractivity contribution in [1.82, 2.24) is 9.21 Å². The second-order valence-electron chi connectivity index (χ2n) is 7.09. The first-order valence-corrected chi connectivity index (χ1v) is 11.3. The van der Waals surface area contributed by atoms with Crippen LogP contribution >= 0.6 is 22.9 Å². The van der Waals surface area contributed by atoms with Crippen molar-refractivity contribution >= 4 is 38.9 Å². The standard InChI is InChI=1S/C16H21ClN2O5S2/c17-13-1-2-15(25-13)26(21,22)19-10-16(11-19)8-12(9-24-16)7-14(20)18-3-5-23-6-4-18/h1-2,12H,3-11H2. The molecule has 0 saturated carbocycles. The zero-order chi connectivity index (χ0) is 18.4. The predicted octanol–water partition coefficient (Wildman–Crippen LogP) is 1.43. The van der Waals surface area contributed by atoms with Crippen LogP contribution in [0.2, 0.25) is 4.34 Å². The Bertz CT molecular complexity index is 784. The number of amides is 1. The summed E-state index contributed by atoms with van der Waals surface area (Å²) in [5.74, 6) is 0.280. The van der Waals surface area contributed by atoms with E-state index in [1.807, 2.05) is 4.90 Å². The molecule has 4 rings (SSSR count). The highest BCUT2D eigenvalue weighted by atomic mass is 35.5. The number of nitrogens with zero attached hydrogens (tertiary/aromatic N) is 2. The van der Waals surface area contributed by atoms with Crippen molar-refractivity contribution < 1.29 is 22.7 Å². The topological polar surface area (TPSA) is 76.2 Å². The van der Waals surface area contributed by atoms with Gasteiger partial charge >= 0.3 is 0 Å². The van der Waals surface area contributed by atoms with E-state index in [1.54, 1.807) is 6.07 Å². The van der Waals surface area contributed by atoms with Gasteiger partial charge in [0.2, 0.25) is 5.91 Å². The Hall–Kier alpha value is -0.710. The van der Waals surface area contributed by atoms with E-state index in [2.05, 4.69) is 0 Å². The fourth-order valence-electron chi connectivity index (χ4n) is 3.81. The highest BCUT2D eigenvalue weighted by Gasteiger charge is 2.54. The monoisotopic (exact) mass is 420 g/mol. The number of thiophene rings is 1. The van der Waals surface area contributed by atoms with E-state index < -0.39 is 15.6 Å². The summed E-state index contributed by atoms with van der Waals surface area (Å²) in [6.45, 7) is 3.67. The van der Waals surface area contributed by atoms with Crippen LogP contribution in [0.1, 0.15) is 12.8 Å². The molecule has 0 N–H and O–H groups in total. The van der Waals surface area contributed by atoms with E-state index in [9.17, 15) is 13.2 Å². The van der Waals surface area contributed by atoms with Crippen molar-refractivity contribution in [2.75, 3.05) is 46.0 Å². The van der Waals surface area contributed by atoms with E-state index in [-0.39, 0.29) is 16.0 Å². The quantitative estimate of drug-likeness (QED) is 0.736. The van der Waals surface area contributed by atoms with Gasteiger partial charge in [-0.05, 0) is 24.5 Å². The zero-order valence-electron chi connectivity index (χ0n) is 14.2. The normalized spacial score (nSPS) is 26.2. The Morgan fingerprint density at radius 2 is 2.04 bits per heavy atom. The Kier molecular flexibility index (Phi) is 5.04. The number of rotatable bonds is 4. The average Bonchev–Trinajstić information content (AvgIpc) is 3.21. The van der Waals surface area contributed by atoms with Gasteiger partial charge in [0.1, 0.15) is 4.21 Å². The van der Waals surface area contributed by atoms with Crippen LogP contribution in [0.4, 0.5) is 0 Å². The number of carbonyl (C=O) groups excluding carboxylic acids is 1. The number of morpholine rings is 1. The van der Waals surface area contributed by atoms with Crippen LogP contribution in [0.5, 0.6) is 0 Å². The third kappa shape index (κ3) is 3.53. The van der Waals surface area contributed by atoms with Gasteiger partial charge in [0.05, 0.1) is 29.8 Å². The summed E-state index contributed by atoms with van der Waals surface area (Å²) in [6, 6.07) is 3.13. The molecule has 0 radical (unpaired) electrons. The number of carbonyl (C=O) groups is 1. The van der Waals surface area contributed by atoms with E-state index in [0.717, 1.165) is 17.8 Å². The zero-order valence-corrected chi connectivity index (χ0v) is 16.6. The van der Waals surface area contributed by atoms with E-state index >= 15 is 0 Å². The Balaban J connectivity index is 1.31. The molecular formula is C16H21ClN2O5S2. The van der Waals surface area contributed by atoms with Crippen LogP contribution in [0.3, 0.4) is 0 Å². The van der Waals surface area contributed by atoms with Gasteiger partial charge in [0.15, 0.2) is 0 Å². The minimum atomic E-state index is -3.50. The smallest absolute Gasteiger partial charge is 0.252 e. The van der Waals surface area contributed by atoms with Gasteiger partial charge in [0, 0.05) is 32.6 Å². The Labute approximate surface area is 161 Å². The van der Waals surface area contributed by atoms with Gasteiger partial charge in [-0.1, -0.05) is 11.6 Å². The van der Waals surface area contributed by atoms with Crippen LogP contribution < -0.4 is 0 Å². The summed E-state index contributed by atoms with van der Waals surface area (Å²) in [5.41, 5.74) is -0.440. The first-order valence-electron chi connectivity index (χ1n) is 8.63. The third-order valence-corrected chi connectivity index (χ3v) is 8.67. The molecule has 1 aromatic heterocycles. The number of ether oxygens (including phenoxy) is 2. The summed E-state index contributed by atoms with van der Waals surface area (Å²) in [6.07, 6.45) is 1.18. The largest absolute Gasteiger partial charge is 0.378 e. The molecule has 3 aliphatic rings. The number of hydrogen-bond donors (Lipinski definition) is 0. The van der Waals surface area contributed by atoms with Crippen LogP contribution in [0.25, 0.3) is 0 Å². The van der Waals surface area contributed by atoms with Crippen LogP contribution in [0, 0.1) is 5.92 Å². The lowest BCUT2D eigenvalue weighted by atomic mass is 9.87. The summed E-state index contributed by atoms with van der Waals surface area (Å²) in [4.78, 5) is 14.2. The average molecular weight is 421 g/mol. The van der Waals surface area contributed by atoms with E-state index in [1.165, 1.54) is 10.4 Å². The van der Waals surface area contributed by atoms with Crippen LogP contribution in [-0.4, -0.2) is 75.1 Å². The fraction of sp³-hybridized carbons (Fsp3) is 0.688. The highest BCUT2D eigenvalue weighted by Crippen LogP contribution is 2.42. The first kappa shape index (κ1) is 18.6. The van der Waals surface area contributed by atoms with Gasteiger partial charge < -0.3 is 14.4 Å². The molecule has 1 unspecified atom stereocenters. The number of hydrogen-bond acceptors (Lipinski definition) is 6. The molecule has 10 heteroatoms. The third-order valence-electron chi connectivity index (χ3n) is 5.18. The molecule has 26 heavy (non-hydrogen) atoms. The summed E-state index contributed by atoms with van der Waals surface area (Å²) < 4.78 is 38.5. The van der Waals surface area contributed by atoms with Crippen molar-refractivity contribution in [3.8, 4) is 0 Å². The van der Waals surface area contributed by atoms with Crippen molar-refractivity contribution in [3.63, 3.8) is 0 Å². The molecule has 1 atom stereocenters. The molecule has 7 nitrogen and oxygen atoms in total.